The van der Waals surface area contributed by atoms with E-state index in [0.29, 0.717) is 10.6 Å². The van der Waals surface area contributed by atoms with Crippen LogP contribution < -0.4 is 11.1 Å². The van der Waals surface area contributed by atoms with E-state index in [1.54, 1.807) is 23.6 Å². The summed E-state index contributed by atoms with van der Waals surface area (Å²) in [5.41, 5.74) is 6.19. The molecule has 5 nitrogen and oxygen atoms in total. The molecule has 2 aromatic rings. The van der Waals surface area contributed by atoms with Crippen LogP contribution in [-0.2, 0) is 0 Å². The van der Waals surface area contributed by atoms with E-state index in [9.17, 15) is 18.0 Å². The molecule has 0 aliphatic heterocycles. The molecular formula is C11H9F3N4OS. The number of carbonyl (C=O) groups is 1. The molecule has 20 heavy (non-hydrogen) atoms. The van der Waals surface area contributed by atoms with Gasteiger partial charge in [0.2, 0.25) is 0 Å². The molecule has 1 amide bonds. The largest absolute Gasteiger partial charge is 0.405 e. The number of rotatable bonds is 3. The molecular weight excluding hydrogens is 293 g/mol. The van der Waals surface area contributed by atoms with Gasteiger partial charge < -0.3 is 11.1 Å². The molecule has 0 radical (unpaired) electrons. The minimum Gasteiger partial charge on any atom is -0.382 e. The number of hydrogen-bond donors (Lipinski definition) is 2. The molecule has 0 aliphatic rings. The van der Waals surface area contributed by atoms with Crippen molar-refractivity contribution in [2.24, 2.45) is 0 Å². The van der Waals surface area contributed by atoms with Gasteiger partial charge in [-0.2, -0.15) is 13.2 Å². The first-order valence-corrected chi connectivity index (χ1v) is 6.20. The van der Waals surface area contributed by atoms with Crippen LogP contribution >= 0.6 is 11.3 Å². The van der Waals surface area contributed by atoms with Crippen molar-refractivity contribution in [3.63, 3.8) is 0 Å². The molecule has 0 saturated heterocycles. The fraction of sp³-hybridized carbons (Fsp3) is 0.182. The zero-order chi connectivity index (χ0) is 14.8. The third-order valence-electron chi connectivity index (χ3n) is 2.22. The number of nitrogen functional groups attached to an aromatic ring is 1. The summed E-state index contributed by atoms with van der Waals surface area (Å²) >= 11 is 0.916. The summed E-state index contributed by atoms with van der Waals surface area (Å²) < 4.78 is 36.1. The summed E-state index contributed by atoms with van der Waals surface area (Å²) in [6, 6.07) is 3.39. The summed E-state index contributed by atoms with van der Waals surface area (Å²) in [5.74, 6) is -0.999. The molecule has 3 N–H and O–H groups in total. The lowest BCUT2D eigenvalue weighted by Gasteiger charge is -2.06. The molecule has 2 aromatic heterocycles. The molecule has 0 fully saturated rings. The highest BCUT2D eigenvalue weighted by Crippen LogP contribution is 2.29. The molecule has 0 atom stereocenters. The number of thiazole rings is 1. The van der Waals surface area contributed by atoms with E-state index in [2.05, 4.69) is 9.97 Å². The highest BCUT2D eigenvalue weighted by atomic mass is 32.1. The zero-order valence-corrected chi connectivity index (χ0v) is 10.8. The first-order valence-electron chi connectivity index (χ1n) is 5.38. The third-order valence-corrected chi connectivity index (χ3v) is 3.34. The maximum atomic E-state index is 12.0. The number of nitrogens with two attached hydrogens (primary N) is 1. The van der Waals surface area contributed by atoms with Crippen LogP contribution in [0.1, 0.15) is 9.67 Å². The Kier molecular flexibility index (Phi) is 3.89. The lowest BCUT2D eigenvalue weighted by atomic mass is 10.3. The Balaban J connectivity index is 2.18. The Morgan fingerprint density at radius 1 is 1.45 bits per heavy atom. The van der Waals surface area contributed by atoms with E-state index < -0.39 is 18.6 Å². The number of anilines is 1. The van der Waals surface area contributed by atoms with Crippen LogP contribution in [0.15, 0.2) is 24.5 Å². The van der Waals surface area contributed by atoms with Gasteiger partial charge >= 0.3 is 6.18 Å². The summed E-state index contributed by atoms with van der Waals surface area (Å²) in [5, 5.41) is 2.18. The molecule has 0 aliphatic carbocycles. The van der Waals surface area contributed by atoms with Gasteiger partial charge in [0.1, 0.15) is 22.2 Å². The van der Waals surface area contributed by atoms with Crippen LogP contribution in [0.3, 0.4) is 0 Å². The molecule has 0 unspecified atom stereocenters. The van der Waals surface area contributed by atoms with Crippen molar-refractivity contribution < 1.29 is 18.0 Å². The number of alkyl halides is 3. The number of nitrogens with zero attached hydrogens (tertiary/aromatic N) is 2. The Labute approximate surface area is 115 Å². The molecule has 0 aromatic carbocycles. The molecule has 9 heteroatoms. The van der Waals surface area contributed by atoms with Gasteiger partial charge in [-0.25, -0.2) is 4.98 Å². The standard InChI is InChI=1S/C11H9F3N4OS/c12-11(13,14)5-17-9(19)7-8(15)18-10(20-7)6-2-1-3-16-4-6/h1-4H,5,15H2,(H,17,19). The van der Waals surface area contributed by atoms with Gasteiger partial charge in [0.25, 0.3) is 5.91 Å². The first-order chi connectivity index (χ1) is 9.37. The van der Waals surface area contributed by atoms with Crippen molar-refractivity contribution in [2.45, 2.75) is 6.18 Å². The van der Waals surface area contributed by atoms with Gasteiger partial charge in [0, 0.05) is 18.0 Å². The number of halogens is 3. The number of carbonyl (C=O) groups excluding carboxylic acids is 1. The number of aromatic nitrogens is 2. The fourth-order valence-corrected chi connectivity index (χ4v) is 2.26. The quantitative estimate of drug-likeness (QED) is 0.909. The number of pyridine rings is 1. The smallest absolute Gasteiger partial charge is 0.382 e. The highest BCUT2D eigenvalue weighted by molar-refractivity contribution is 7.17. The highest BCUT2D eigenvalue weighted by Gasteiger charge is 2.29. The van der Waals surface area contributed by atoms with Crippen LogP contribution in [-0.4, -0.2) is 28.6 Å². The predicted octanol–water partition coefficient (Wildman–Crippen LogP) is 2.08. The van der Waals surface area contributed by atoms with E-state index in [1.165, 1.54) is 6.20 Å². The van der Waals surface area contributed by atoms with Gasteiger partial charge in [0.15, 0.2) is 0 Å². The Bertz CT molecular complexity index is 612. The average Bonchev–Trinajstić information content (AvgIpc) is 2.78. The SMILES string of the molecule is Nc1nc(-c2cccnc2)sc1C(=O)NCC(F)(F)F. The third kappa shape index (κ3) is 3.44. The van der Waals surface area contributed by atoms with Crippen molar-refractivity contribution in [3.8, 4) is 10.6 Å². The minimum atomic E-state index is -4.47. The summed E-state index contributed by atoms with van der Waals surface area (Å²) in [6.07, 6.45) is -1.38. The molecule has 2 rings (SSSR count). The van der Waals surface area contributed by atoms with Gasteiger partial charge in [0.05, 0.1) is 0 Å². The maximum Gasteiger partial charge on any atom is 0.405 e. The Morgan fingerprint density at radius 3 is 2.80 bits per heavy atom. The van der Waals surface area contributed by atoms with Crippen molar-refractivity contribution >= 4 is 23.1 Å². The lowest BCUT2D eigenvalue weighted by Crippen LogP contribution is -2.33. The average molecular weight is 302 g/mol. The van der Waals surface area contributed by atoms with E-state index >= 15 is 0 Å². The summed E-state index contributed by atoms with van der Waals surface area (Å²) in [4.78, 5) is 19.4. The second-order valence-electron chi connectivity index (χ2n) is 3.77. The zero-order valence-electron chi connectivity index (χ0n) is 9.94. The molecule has 0 spiro atoms. The van der Waals surface area contributed by atoms with E-state index in [1.807, 2.05) is 0 Å². The number of hydrogen-bond acceptors (Lipinski definition) is 5. The van der Waals surface area contributed by atoms with E-state index in [4.69, 9.17) is 5.73 Å². The lowest BCUT2D eigenvalue weighted by molar-refractivity contribution is -0.123. The van der Waals surface area contributed by atoms with E-state index in [0.717, 1.165) is 11.3 Å². The predicted molar refractivity (Wildman–Crippen MR) is 68.1 cm³/mol. The van der Waals surface area contributed by atoms with Crippen molar-refractivity contribution in [3.05, 3.63) is 29.4 Å². The monoisotopic (exact) mass is 302 g/mol. The van der Waals surface area contributed by atoms with Crippen molar-refractivity contribution in [2.75, 3.05) is 12.3 Å². The van der Waals surface area contributed by atoms with Gasteiger partial charge in [-0.15, -0.1) is 11.3 Å². The molecule has 2 heterocycles. The second kappa shape index (κ2) is 5.45. The summed E-state index contributed by atoms with van der Waals surface area (Å²) in [6.45, 7) is -1.41. The minimum absolute atomic E-state index is 0.0481. The van der Waals surface area contributed by atoms with E-state index in [-0.39, 0.29) is 10.7 Å². The first kappa shape index (κ1) is 14.3. The van der Waals surface area contributed by atoms with Crippen LogP contribution in [0.25, 0.3) is 10.6 Å². The molecule has 0 bridgehead atoms. The Hall–Kier alpha value is -2.16. The van der Waals surface area contributed by atoms with Gasteiger partial charge in [-0.05, 0) is 12.1 Å². The fourth-order valence-electron chi connectivity index (χ4n) is 1.37. The van der Waals surface area contributed by atoms with Crippen molar-refractivity contribution in [1.29, 1.82) is 0 Å². The molecule has 106 valence electrons. The summed E-state index contributed by atoms with van der Waals surface area (Å²) in [7, 11) is 0. The van der Waals surface area contributed by atoms with Crippen LogP contribution in [0.5, 0.6) is 0 Å². The second-order valence-corrected chi connectivity index (χ2v) is 4.77. The normalized spacial score (nSPS) is 11.3. The van der Waals surface area contributed by atoms with Crippen LogP contribution in [0.2, 0.25) is 0 Å². The topological polar surface area (TPSA) is 80.9 Å². The molecule has 0 saturated carbocycles. The number of nitrogens with one attached hydrogen (secondary N) is 1. The van der Waals surface area contributed by atoms with Crippen LogP contribution in [0.4, 0.5) is 19.0 Å². The van der Waals surface area contributed by atoms with Crippen molar-refractivity contribution in [1.82, 2.24) is 15.3 Å². The Morgan fingerprint density at radius 2 is 2.20 bits per heavy atom. The van der Waals surface area contributed by atoms with Crippen LogP contribution in [0, 0.1) is 0 Å². The maximum absolute atomic E-state index is 12.0. The number of amides is 1. The van der Waals surface area contributed by atoms with Gasteiger partial charge in [-0.1, -0.05) is 0 Å². The van der Waals surface area contributed by atoms with Gasteiger partial charge in [-0.3, -0.25) is 9.78 Å².